The molecular formula is C19H23N3O2. The number of carbonyl (C=O) groups is 1. The van der Waals surface area contributed by atoms with Crippen LogP contribution in [0, 0.1) is 0 Å². The van der Waals surface area contributed by atoms with Crippen LogP contribution in [0.15, 0.2) is 39.9 Å². The number of amides is 1. The van der Waals surface area contributed by atoms with Crippen LogP contribution in [0.2, 0.25) is 0 Å². The minimum atomic E-state index is -0.289. The highest BCUT2D eigenvalue weighted by Gasteiger charge is 2.20. The molecule has 0 unspecified atom stereocenters. The molecule has 1 aliphatic rings. The zero-order chi connectivity index (χ0) is 16.8. The Hall–Kier alpha value is -2.43. The molecule has 2 aromatic rings. The van der Waals surface area contributed by atoms with E-state index in [1.807, 2.05) is 30.3 Å². The lowest BCUT2D eigenvalue weighted by Crippen LogP contribution is -2.22. The van der Waals surface area contributed by atoms with Crippen LogP contribution in [-0.2, 0) is 6.42 Å². The summed E-state index contributed by atoms with van der Waals surface area (Å²) in [7, 11) is 0. The van der Waals surface area contributed by atoms with Crippen molar-refractivity contribution in [2.45, 2.75) is 51.9 Å². The Bertz CT molecular complexity index is 711. The van der Waals surface area contributed by atoms with Gasteiger partial charge in [0.05, 0.1) is 0 Å². The molecule has 3 rings (SSSR count). The summed E-state index contributed by atoms with van der Waals surface area (Å²) in [4.78, 5) is 16.9. The summed E-state index contributed by atoms with van der Waals surface area (Å²) in [6.07, 6.45) is 7.05. The lowest BCUT2D eigenvalue weighted by molar-refractivity contribution is 0.0948. The van der Waals surface area contributed by atoms with E-state index < -0.39 is 0 Å². The van der Waals surface area contributed by atoms with Crippen molar-refractivity contribution in [3.8, 4) is 11.5 Å². The van der Waals surface area contributed by atoms with E-state index in [0.717, 1.165) is 43.4 Å². The molecule has 126 valence electrons. The summed E-state index contributed by atoms with van der Waals surface area (Å²) >= 11 is 0. The Balaban J connectivity index is 1.80. The van der Waals surface area contributed by atoms with Crippen molar-refractivity contribution in [1.29, 1.82) is 0 Å². The molecule has 24 heavy (non-hydrogen) atoms. The van der Waals surface area contributed by atoms with Crippen LogP contribution in [0.3, 0.4) is 0 Å². The lowest BCUT2D eigenvalue weighted by Gasteiger charge is -2.11. The maximum Gasteiger partial charge on any atom is 0.293 e. The van der Waals surface area contributed by atoms with E-state index in [-0.39, 0.29) is 5.91 Å². The van der Waals surface area contributed by atoms with Gasteiger partial charge < -0.3 is 4.42 Å². The van der Waals surface area contributed by atoms with Gasteiger partial charge in [-0.05, 0) is 44.2 Å². The predicted octanol–water partition coefficient (Wildman–Crippen LogP) is 4.34. The van der Waals surface area contributed by atoms with E-state index >= 15 is 0 Å². The van der Waals surface area contributed by atoms with Crippen LogP contribution >= 0.6 is 0 Å². The van der Waals surface area contributed by atoms with Crippen LogP contribution < -0.4 is 5.43 Å². The number of hydrogen-bond acceptors (Lipinski definition) is 4. The molecule has 1 N–H and O–H groups in total. The number of hydrogen-bond donors (Lipinski definition) is 1. The largest absolute Gasteiger partial charge is 0.440 e. The number of nitrogens with one attached hydrogen (secondary N) is 1. The molecule has 5 nitrogen and oxygen atoms in total. The minimum Gasteiger partial charge on any atom is -0.440 e. The van der Waals surface area contributed by atoms with E-state index in [4.69, 9.17) is 4.42 Å². The lowest BCUT2D eigenvalue weighted by atomic mass is 9.99. The summed E-state index contributed by atoms with van der Waals surface area (Å²) in [6, 6.07) is 9.63. The van der Waals surface area contributed by atoms with Gasteiger partial charge in [0.2, 0.25) is 5.89 Å². The molecule has 1 heterocycles. The molecule has 0 radical (unpaired) electrons. The van der Waals surface area contributed by atoms with Crippen molar-refractivity contribution in [2.75, 3.05) is 0 Å². The van der Waals surface area contributed by atoms with Gasteiger partial charge in [0.25, 0.3) is 5.91 Å². The van der Waals surface area contributed by atoms with E-state index in [2.05, 4.69) is 22.4 Å². The van der Waals surface area contributed by atoms with Gasteiger partial charge in [-0.3, -0.25) is 4.79 Å². The number of nitrogens with zero attached hydrogens (tertiary/aromatic N) is 2. The second-order valence-corrected chi connectivity index (χ2v) is 6.09. The van der Waals surface area contributed by atoms with Gasteiger partial charge in [-0.2, -0.15) is 5.10 Å². The molecule has 1 aliphatic carbocycles. The maximum absolute atomic E-state index is 12.5. The van der Waals surface area contributed by atoms with Crippen molar-refractivity contribution in [3.05, 3.63) is 41.8 Å². The van der Waals surface area contributed by atoms with Gasteiger partial charge in [0.15, 0.2) is 5.69 Å². The van der Waals surface area contributed by atoms with Crippen LogP contribution in [0.5, 0.6) is 0 Å². The molecule has 1 aromatic carbocycles. The summed E-state index contributed by atoms with van der Waals surface area (Å²) in [5.41, 5.74) is 4.94. The topological polar surface area (TPSA) is 67.5 Å². The van der Waals surface area contributed by atoms with Gasteiger partial charge in [-0.1, -0.05) is 31.5 Å². The van der Waals surface area contributed by atoms with Crippen molar-refractivity contribution in [3.63, 3.8) is 0 Å². The molecule has 1 aromatic heterocycles. The molecule has 0 saturated heterocycles. The summed E-state index contributed by atoms with van der Waals surface area (Å²) in [5.74, 6) is 0.815. The number of aromatic nitrogens is 1. The summed E-state index contributed by atoms with van der Waals surface area (Å²) in [6.45, 7) is 2.05. The number of rotatable bonds is 5. The van der Waals surface area contributed by atoms with E-state index in [0.29, 0.717) is 23.8 Å². The molecule has 0 bridgehead atoms. The van der Waals surface area contributed by atoms with Gasteiger partial charge in [-0.25, -0.2) is 10.4 Å². The van der Waals surface area contributed by atoms with Crippen LogP contribution in [0.4, 0.5) is 0 Å². The molecule has 0 aliphatic heterocycles. The number of aryl methyl sites for hydroxylation is 1. The molecule has 1 saturated carbocycles. The third kappa shape index (κ3) is 3.91. The molecule has 0 atom stereocenters. The zero-order valence-electron chi connectivity index (χ0n) is 14.0. The fourth-order valence-corrected chi connectivity index (χ4v) is 2.88. The Labute approximate surface area is 142 Å². The smallest absolute Gasteiger partial charge is 0.293 e. The first-order chi connectivity index (χ1) is 11.8. The summed E-state index contributed by atoms with van der Waals surface area (Å²) < 4.78 is 5.83. The average Bonchev–Trinajstić information content (AvgIpc) is 3.06. The highest BCUT2D eigenvalue weighted by atomic mass is 16.4. The predicted molar refractivity (Wildman–Crippen MR) is 93.9 cm³/mol. The quantitative estimate of drug-likeness (QED) is 0.831. The van der Waals surface area contributed by atoms with Gasteiger partial charge in [0.1, 0.15) is 5.76 Å². The SMILES string of the molecule is CCCc1oc(-c2ccccc2)nc1C(=O)NN=C1CCCCC1. The number of hydrazone groups is 1. The average molecular weight is 325 g/mol. The molecule has 1 amide bonds. The first-order valence-electron chi connectivity index (χ1n) is 8.69. The molecule has 0 spiro atoms. The van der Waals surface area contributed by atoms with Crippen molar-refractivity contribution < 1.29 is 9.21 Å². The van der Waals surface area contributed by atoms with Crippen molar-refractivity contribution in [2.24, 2.45) is 5.10 Å². The monoisotopic (exact) mass is 325 g/mol. The second kappa shape index (κ2) is 7.90. The number of carbonyl (C=O) groups excluding carboxylic acids is 1. The third-order valence-corrected chi connectivity index (χ3v) is 4.16. The third-order valence-electron chi connectivity index (χ3n) is 4.16. The molecular weight excluding hydrogens is 302 g/mol. The molecule has 1 fully saturated rings. The van der Waals surface area contributed by atoms with Gasteiger partial charge in [0, 0.05) is 17.7 Å². The first-order valence-corrected chi connectivity index (χ1v) is 8.69. The minimum absolute atomic E-state index is 0.289. The maximum atomic E-state index is 12.5. The van der Waals surface area contributed by atoms with Crippen LogP contribution in [-0.4, -0.2) is 16.6 Å². The highest BCUT2D eigenvalue weighted by molar-refractivity contribution is 5.95. The molecule has 5 heteroatoms. The van der Waals surface area contributed by atoms with Crippen molar-refractivity contribution >= 4 is 11.6 Å². The van der Waals surface area contributed by atoms with Crippen LogP contribution in [0.25, 0.3) is 11.5 Å². The van der Waals surface area contributed by atoms with Crippen molar-refractivity contribution in [1.82, 2.24) is 10.4 Å². The standard InChI is InChI=1S/C19H23N3O2/c1-2-9-16-17(18(23)22-21-15-12-7-4-8-13-15)20-19(24-16)14-10-5-3-6-11-14/h3,5-6,10-11H,2,4,7-9,12-13H2,1H3,(H,22,23). The van der Waals surface area contributed by atoms with Gasteiger partial charge in [-0.15, -0.1) is 0 Å². The van der Waals surface area contributed by atoms with E-state index in [1.54, 1.807) is 0 Å². The van der Waals surface area contributed by atoms with E-state index in [1.165, 1.54) is 6.42 Å². The van der Waals surface area contributed by atoms with Gasteiger partial charge >= 0.3 is 0 Å². The summed E-state index contributed by atoms with van der Waals surface area (Å²) in [5, 5.41) is 4.28. The fraction of sp³-hybridized carbons (Fsp3) is 0.421. The Kier molecular flexibility index (Phi) is 5.41. The Morgan fingerprint density at radius 3 is 2.67 bits per heavy atom. The highest BCUT2D eigenvalue weighted by Crippen LogP contribution is 2.23. The zero-order valence-corrected chi connectivity index (χ0v) is 14.0. The number of oxazole rings is 1. The normalized spacial score (nSPS) is 14.5. The first kappa shape index (κ1) is 16.4. The van der Waals surface area contributed by atoms with Crippen LogP contribution in [0.1, 0.15) is 61.7 Å². The van der Waals surface area contributed by atoms with E-state index in [9.17, 15) is 4.79 Å². The Morgan fingerprint density at radius 2 is 1.96 bits per heavy atom. The number of benzene rings is 1. The fourth-order valence-electron chi connectivity index (χ4n) is 2.88. The Morgan fingerprint density at radius 1 is 1.21 bits per heavy atom. The second-order valence-electron chi connectivity index (χ2n) is 6.09.